The van der Waals surface area contributed by atoms with Gasteiger partial charge in [0, 0.05) is 23.3 Å². The molecule has 0 saturated heterocycles. The maximum absolute atomic E-state index is 13.2. The molecule has 2 aromatic carbocycles. The lowest BCUT2D eigenvalue weighted by molar-refractivity contribution is 0.628. The van der Waals surface area contributed by atoms with Crippen molar-refractivity contribution < 1.29 is 4.39 Å². The van der Waals surface area contributed by atoms with Gasteiger partial charge in [0.15, 0.2) is 0 Å². The van der Waals surface area contributed by atoms with E-state index < -0.39 is 0 Å². The number of aromatic nitrogens is 2. The van der Waals surface area contributed by atoms with Crippen LogP contribution in [0.2, 0.25) is 5.02 Å². The van der Waals surface area contributed by atoms with E-state index in [1.165, 1.54) is 24.0 Å². The first kappa shape index (κ1) is 16.2. The Kier molecular flexibility index (Phi) is 5.23. The normalized spacial score (nSPS) is 10.4. The van der Waals surface area contributed by atoms with Crippen molar-refractivity contribution >= 4 is 28.9 Å². The number of benzene rings is 2. The van der Waals surface area contributed by atoms with Crippen LogP contribution in [-0.2, 0) is 6.42 Å². The maximum Gasteiger partial charge on any atom is 0.135 e. The zero-order valence-corrected chi connectivity index (χ0v) is 13.6. The van der Waals surface area contributed by atoms with E-state index in [0.29, 0.717) is 17.3 Å². The topological polar surface area (TPSA) is 49.8 Å². The molecule has 0 unspecified atom stereocenters. The average molecular weight is 343 g/mol. The number of nitrogens with one attached hydrogen (secondary N) is 2. The van der Waals surface area contributed by atoms with Crippen molar-refractivity contribution in [2.45, 2.75) is 6.42 Å². The van der Waals surface area contributed by atoms with Crippen molar-refractivity contribution in [3.05, 3.63) is 77.3 Å². The first-order valence-corrected chi connectivity index (χ1v) is 7.90. The summed E-state index contributed by atoms with van der Waals surface area (Å²) < 4.78 is 13.2. The Morgan fingerprint density at radius 1 is 0.958 bits per heavy atom. The fourth-order valence-corrected chi connectivity index (χ4v) is 2.35. The summed E-state index contributed by atoms with van der Waals surface area (Å²) in [5.41, 5.74) is 1.83. The van der Waals surface area contributed by atoms with Crippen molar-refractivity contribution in [3.8, 4) is 0 Å². The van der Waals surface area contributed by atoms with Gasteiger partial charge < -0.3 is 10.6 Å². The average Bonchev–Trinajstić information content (AvgIpc) is 2.57. The Bertz CT molecular complexity index is 808. The molecule has 3 aromatic rings. The van der Waals surface area contributed by atoms with Gasteiger partial charge in [-0.05, 0) is 42.3 Å². The molecule has 122 valence electrons. The second-order valence-electron chi connectivity index (χ2n) is 5.23. The first-order valence-electron chi connectivity index (χ1n) is 7.52. The number of rotatable bonds is 6. The summed E-state index contributed by atoms with van der Waals surface area (Å²) in [7, 11) is 0. The predicted molar refractivity (Wildman–Crippen MR) is 95.4 cm³/mol. The van der Waals surface area contributed by atoms with E-state index in [1.807, 2.05) is 24.3 Å². The van der Waals surface area contributed by atoms with E-state index >= 15 is 0 Å². The lowest BCUT2D eigenvalue weighted by atomic mass is 10.1. The zero-order chi connectivity index (χ0) is 16.8. The molecule has 0 saturated carbocycles. The fourth-order valence-electron chi connectivity index (χ4n) is 2.22. The Labute approximate surface area is 144 Å². The molecule has 24 heavy (non-hydrogen) atoms. The quantitative estimate of drug-likeness (QED) is 0.683. The van der Waals surface area contributed by atoms with Crippen molar-refractivity contribution in [3.63, 3.8) is 0 Å². The third-order valence-electron chi connectivity index (χ3n) is 3.40. The number of anilines is 3. The minimum absolute atomic E-state index is 0.296. The molecule has 0 atom stereocenters. The molecule has 2 N–H and O–H groups in total. The minimum atomic E-state index is -0.296. The molecule has 0 aliphatic rings. The van der Waals surface area contributed by atoms with Gasteiger partial charge >= 0.3 is 0 Å². The van der Waals surface area contributed by atoms with Crippen LogP contribution in [-0.4, -0.2) is 16.5 Å². The maximum atomic E-state index is 13.2. The van der Waals surface area contributed by atoms with Gasteiger partial charge in [-0.3, -0.25) is 0 Å². The highest BCUT2D eigenvalue weighted by molar-refractivity contribution is 6.30. The summed E-state index contributed by atoms with van der Waals surface area (Å²) in [5, 5.41) is 7.03. The lowest BCUT2D eigenvalue weighted by Gasteiger charge is -2.09. The molecule has 0 bridgehead atoms. The zero-order valence-electron chi connectivity index (χ0n) is 12.8. The Hall–Kier alpha value is -2.66. The third kappa shape index (κ3) is 4.67. The van der Waals surface area contributed by atoms with Gasteiger partial charge in [-0.2, -0.15) is 0 Å². The van der Waals surface area contributed by atoms with Crippen LogP contribution in [0.3, 0.4) is 0 Å². The van der Waals surface area contributed by atoms with Crippen molar-refractivity contribution in [1.82, 2.24) is 9.97 Å². The summed E-state index contributed by atoms with van der Waals surface area (Å²) in [6.45, 7) is 0.734. The van der Waals surface area contributed by atoms with Gasteiger partial charge in [-0.25, -0.2) is 14.4 Å². The standard InChI is InChI=1S/C18H16ClFN4/c19-14-6-4-13(5-7-14)8-9-21-17-11-18(23-12-22-17)24-16-3-1-2-15(20)10-16/h1-7,10-12H,8-9H2,(H2,21,22,23,24). The van der Waals surface area contributed by atoms with Crippen molar-refractivity contribution in [1.29, 1.82) is 0 Å². The van der Waals surface area contributed by atoms with Crippen LogP contribution in [0.25, 0.3) is 0 Å². The largest absolute Gasteiger partial charge is 0.370 e. The fraction of sp³-hybridized carbons (Fsp3) is 0.111. The molecular formula is C18H16ClFN4. The van der Waals surface area contributed by atoms with Crippen LogP contribution in [0.4, 0.5) is 21.7 Å². The number of halogens is 2. The van der Waals surface area contributed by atoms with Crippen LogP contribution in [0, 0.1) is 5.82 Å². The van der Waals surface area contributed by atoms with Gasteiger partial charge in [0.1, 0.15) is 23.8 Å². The van der Waals surface area contributed by atoms with Crippen LogP contribution in [0.5, 0.6) is 0 Å². The van der Waals surface area contributed by atoms with E-state index in [1.54, 1.807) is 18.2 Å². The Morgan fingerprint density at radius 2 is 1.75 bits per heavy atom. The second kappa shape index (κ2) is 7.75. The highest BCUT2D eigenvalue weighted by atomic mass is 35.5. The molecule has 6 heteroatoms. The number of hydrogen-bond acceptors (Lipinski definition) is 4. The second-order valence-corrected chi connectivity index (χ2v) is 5.66. The van der Waals surface area contributed by atoms with Crippen LogP contribution >= 0.6 is 11.6 Å². The monoisotopic (exact) mass is 342 g/mol. The molecule has 0 aliphatic carbocycles. The molecule has 4 nitrogen and oxygen atoms in total. The summed E-state index contributed by atoms with van der Waals surface area (Å²) >= 11 is 5.87. The minimum Gasteiger partial charge on any atom is -0.370 e. The number of hydrogen-bond donors (Lipinski definition) is 2. The molecule has 0 aliphatic heterocycles. The van der Waals surface area contributed by atoms with E-state index in [4.69, 9.17) is 11.6 Å². The SMILES string of the molecule is Fc1cccc(Nc2cc(NCCc3ccc(Cl)cc3)ncn2)c1. The van der Waals surface area contributed by atoms with E-state index in [0.717, 1.165) is 18.0 Å². The van der Waals surface area contributed by atoms with Gasteiger partial charge in [-0.15, -0.1) is 0 Å². The highest BCUT2D eigenvalue weighted by Gasteiger charge is 2.01. The van der Waals surface area contributed by atoms with E-state index in [2.05, 4.69) is 20.6 Å². The molecule has 0 spiro atoms. The van der Waals surface area contributed by atoms with Gasteiger partial charge in [0.05, 0.1) is 0 Å². The highest BCUT2D eigenvalue weighted by Crippen LogP contribution is 2.17. The summed E-state index contributed by atoms with van der Waals surface area (Å²) in [4.78, 5) is 8.33. The molecule has 0 amide bonds. The van der Waals surface area contributed by atoms with Gasteiger partial charge in [-0.1, -0.05) is 29.8 Å². The van der Waals surface area contributed by atoms with Crippen LogP contribution in [0.1, 0.15) is 5.56 Å². The first-order chi connectivity index (χ1) is 11.7. The van der Waals surface area contributed by atoms with E-state index in [-0.39, 0.29) is 5.82 Å². The van der Waals surface area contributed by atoms with Gasteiger partial charge in [0.25, 0.3) is 0 Å². The Balaban J connectivity index is 1.57. The van der Waals surface area contributed by atoms with Crippen LogP contribution in [0.15, 0.2) is 60.9 Å². The molecular weight excluding hydrogens is 327 g/mol. The van der Waals surface area contributed by atoms with Crippen LogP contribution < -0.4 is 10.6 Å². The molecule has 1 heterocycles. The van der Waals surface area contributed by atoms with Crippen molar-refractivity contribution in [2.24, 2.45) is 0 Å². The summed E-state index contributed by atoms with van der Waals surface area (Å²) in [5.74, 6) is 1.01. The molecule has 1 aromatic heterocycles. The van der Waals surface area contributed by atoms with Gasteiger partial charge in [0.2, 0.25) is 0 Å². The number of nitrogens with zero attached hydrogens (tertiary/aromatic N) is 2. The molecule has 3 rings (SSSR count). The van der Waals surface area contributed by atoms with Crippen molar-refractivity contribution in [2.75, 3.05) is 17.2 Å². The predicted octanol–water partition coefficient (Wildman–Crippen LogP) is 4.67. The smallest absolute Gasteiger partial charge is 0.135 e. The Morgan fingerprint density at radius 3 is 2.54 bits per heavy atom. The summed E-state index contributed by atoms with van der Waals surface area (Å²) in [6, 6.07) is 15.8. The lowest BCUT2D eigenvalue weighted by Crippen LogP contribution is -2.07. The summed E-state index contributed by atoms with van der Waals surface area (Å²) in [6.07, 6.45) is 2.32. The molecule has 0 radical (unpaired) electrons. The third-order valence-corrected chi connectivity index (χ3v) is 3.65. The van der Waals surface area contributed by atoms with E-state index in [9.17, 15) is 4.39 Å². The molecule has 0 fully saturated rings.